The number of aliphatic hydroxyl groups is 1. The average molecular weight is 396 g/mol. The Labute approximate surface area is 168 Å². The Balaban J connectivity index is 1.41. The smallest absolute Gasteiger partial charge is 0.260 e. The summed E-state index contributed by atoms with van der Waals surface area (Å²) in [6.07, 6.45) is 3.01. The van der Waals surface area contributed by atoms with E-state index in [9.17, 15) is 5.11 Å². The minimum atomic E-state index is -0.948. The summed E-state index contributed by atoms with van der Waals surface area (Å²) in [5, 5.41) is 15.7. The predicted octanol–water partition coefficient (Wildman–Crippen LogP) is 2.74. The average Bonchev–Trinajstić information content (AvgIpc) is 3.40. The Morgan fingerprint density at radius 1 is 1.28 bits per heavy atom. The molecule has 7 nitrogen and oxygen atoms in total. The van der Waals surface area contributed by atoms with Crippen LogP contribution in [-0.2, 0) is 16.1 Å². The van der Waals surface area contributed by atoms with Crippen molar-refractivity contribution in [3.05, 3.63) is 59.1 Å². The quantitative estimate of drug-likeness (QED) is 0.833. The third kappa shape index (κ3) is 2.32. The van der Waals surface area contributed by atoms with E-state index in [0.29, 0.717) is 29.6 Å². The summed E-state index contributed by atoms with van der Waals surface area (Å²) in [5.74, 6) is 1.81. The molecule has 0 amide bonds. The lowest BCUT2D eigenvalue weighted by Gasteiger charge is -2.49. The highest BCUT2D eigenvalue weighted by molar-refractivity contribution is 5.46. The number of aromatic nitrogens is 1. The number of fused-ring (bicyclic) bond motifs is 2. The molecule has 6 rings (SSSR count). The van der Waals surface area contributed by atoms with E-state index >= 15 is 0 Å². The van der Waals surface area contributed by atoms with E-state index in [1.54, 1.807) is 7.11 Å². The molecule has 4 unspecified atom stereocenters. The Morgan fingerprint density at radius 2 is 2.10 bits per heavy atom. The van der Waals surface area contributed by atoms with Crippen LogP contribution in [-0.4, -0.2) is 47.1 Å². The minimum absolute atomic E-state index is 0.00701. The lowest BCUT2D eigenvalue weighted by molar-refractivity contribution is -0.139. The first-order valence-corrected chi connectivity index (χ1v) is 10.2. The maximum Gasteiger partial charge on any atom is 0.260 e. The van der Waals surface area contributed by atoms with E-state index in [-0.39, 0.29) is 18.1 Å². The minimum Gasteiger partial charge on any atom is -0.498 e. The molecule has 2 bridgehead atoms. The van der Waals surface area contributed by atoms with Gasteiger partial charge in [0.25, 0.3) is 5.88 Å². The summed E-state index contributed by atoms with van der Waals surface area (Å²) in [6.45, 7) is 2.36. The summed E-state index contributed by atoms with van der Waals surface area (Å²) in [5.41, 5.74) is 0.725. The van der Waals surface area contributed by atoms with Gasteiger partial charge in [0.1, 0.15) is 18.5 Å². The normalized spacial score (nSPS) is 34.9. The SMILES string of the molecule is COC1=CC2CC3[C@H](N4CCC4)c4onc(OCc5ccccc5)c4C(O)C13O2. The van der Waals surface area contributed by atoms with Crippen LogP contribution < -0.4 is 4.74 Å². The van der Waals surface area contributed by atoms with Crippen molar-refractivity contribution in [2.24, 2.45) is 5.92 Å². The maximum absolute atomic E-state index is 11.5. The second-order valence-corrected chi connectivity index (χ2v) is 8.30. The van der Waals surface area contributed by atoms with Crippen molar-refractivity contribution >= 4 is 0 Å². The van der Waals surface area contributed by atoms with Gasteiger partial charge >= 0.3 is 0 Å². The third-order valence-corrected chi connectivity index (χ3v) is 6.88. The Hall–Kier alpha value is -2.35. The molecule has 0 radical (unpaired) electrons. The van der Waals surface area contributed by atoms with Gasteiger partial charge in [-0.05, 0) is 29.6 Å². The van der Waals surface area contributed by atoms with Gasteiger partial charge in [0.05, 0.1) is 24.8 Å². The number of rotatable bonds is 5. The molecule has 152 valence electrons. The van der Waals surface area contributed by atoms with Gasteiger partial charge in [-0.25, -0.2) is 0 Å². The van der Waals surface area contributed by atoms with E-state index in [1.165, 1.54) is 0 Å². The number of nitrogens with zero attached hydrogens (tertiary/aromatic N) is 2. The van der Waals surface area contributed by atoms with E-state index in [1.807, 2.05) is 36.4 Å². The summed E-state index contributed by atoms with van der Waals surface area (Å²) >= 11 is 0. The van der Waals surface area contributed by atoms with Crippen LogP contribution >= 0.6 is 0 Å². The van der Waals surface area contributed by atoms with Crippen molar-refractivity contribution < 1.29 is 23.8 Å². The fraction of sp³-hybridized carbons (Fsp3) is 0.500. The monoisotopic (exact) mass is 396 g/mol. The molecular formula is C22H24N2O5. The fourth-order valence-corrected chi connectivity index (χ4v) is 5.47. The van der Waals surface area contributed by atoms with Gasteiger partial charge in [-0.3, -0.25) is 4.90 Å². The molecule has 4 heterocycles. The van der Waals surface area contributed by atoms with Gasteiger partial charge in [0.15, 0.2) is 11.4 Å². The highest BCUT2D eigenvalue weighted by Gasteiger charge is 2.68. The van der Waals surface area contributed by atoms with Crippen molar-refractivity contribution in [1.29, 1.82) is 0 Å². The Bertz CT molecular complexity index is 953. The molecule has 3 aliphatic heterocycles. The van der Waals surface area contributed by atoms with E-state index in [4.69, 9.17) is 18.7 Å². The standard InChI is InChI=1S/C22H24N2O5/c1-26-16-11-14-10-15-18(24-8-5-9-24)19-17(20(25)22(15,16)28-14)21(23-29-19)27-12-13-6-3-2-4-7-13/h2-4,6-7,11,14-15,18,20,25H,5,8-10,12H2,1H3/t14?,15?,18-,20?,22?/m0/s1. The topological polar surface area (TPSA) is 77.2 Å². The van der Waals surface area contributed by atoms with Crippen molar-refractivity contribution in [2.45, 2.75) is 43.3 Å². The van der Waals surface area contributed by atoms with Crippen molar-refractivity contribution in [3.8, 4) is 5.88 Å². The molecule has 1 aromatic carbocycles. The molecular weight excluding hydrogens is 372 g/mol. The van der Waals surface area contributed by atoms with Crippen LogP contribution in [0.15, 0.2) is 46.7 Å². The number of hydrogen-bond donors (Lipinski definition) is 1. The first kappa shape index (κ1) is 17.5. The lowest BCUT2D eigenvalue weighted by atomic mass is 9.66. The molecule has 2 fully saturated rings. The molecule has 0 saturated carbocycles. The second kappa shape index (κ2) is 6.32. The lowest BCUT2D eigenvalue weighted by Crippen LogP contribution is -2.55. The van der Waals surface area contributed by atoms with Crippen molar-refractivity contribution in [3.63, 3.8) is 0 Å². The zero-order valence-electron chi connectivity index (χ0n) is 16.3. The first-order chi connectivity index (χ1) is 14.2. The number of benzene rings is 1. The molecule has 1 aromatic heterocycles. The number of methoxy groups -OCH3 is 1. The third-order valence-electron chi connectivity index (χ3n) is 6.88. The van der Waals surface area contributed by atoms with Crippen LogP contribution in [0.1, 0.15) is 41.9 Å². The number of hydrogen-bond acceptors (Lipinski definition) is 7. The molecule has 2 saturated heterocycles. The fourth-order valence-electron chi connectivity index (χ4n) is 5.47. The molecule has 4 aliphatic rings. The Morgan fingerprint density at radius 3 is 2.83 bits per heavy atom. The van der Waals surface area contributed by atoms with Gasteiger partial charge in [-0.2, -0.15) is 0 Å². The molecule has 1 spiro atoms. The highest BCUT2D eigenvalue weighted by Crippen LogP contribution is 2.64. The van der Waals surface area contributed by atoms with Gasteiger partial charge in [-0.15, -0.1) is 0 Å². The molecule has 5 atom stereocenters. The van der Waals surface area contributed by atoms with E-state index in [2.05, 4.69) is 10.1 Å². The first-order valence-electron chi connectivity index (χ1n) is 10.2. The summed E-state index contributed by atoms with van der Waals surface area (Å²) < 4.78 is 23.8. The number of ether oxygens (including phenoxy) is 3. The van der Waals surface area contributed by atoms with Crippen molar-refractivity contribution in [2.75, 3.05) is 20.2 Å². The summed E-state index contributed by atoms with van der Waals surface area (Å²) in [7, 11) is 1.64. The largest absolute Gasteiger partial charge is 0.498 e. The Kier molecular flexibility index (Phi) is 3.82. The van der Waals surface area contributed by atoms with Crippen LogP contribution in [0.2, 0.25) is 0 Å². The summed E-state index contributed by atoms with van der Waals surface area (Å²) in [6, 6.07) is 9.90. The van der Waals surface area contributed by atoms with E-state index in [0.717, 1.165) is 31.5 Å². The van der Waals surface area contributed by atoms with Crippen LogP contribution in [0.5, 0.6) is 5.88 Å². The maximum atomic E-state index is 11.5. The van der Waals surface area contributed by atoms with Gasteiger partial charge < -0.3 is 23.8 Å². The molecule has 29 heavy (non-hydrogen) atoms. The van der Waals surface area contributed by atoms with Gasteiger partial charge in [-0.1, -0.05) is 30.3 Å². The molecule has 7 heteroatoms. The summed E-state index contributed by atoms with van der Waals surface area (Å²) in [4.78, 5) is 2.39. The number of aliphatic hydroxyl groups excluding tert-OH is 1. The highest BCUT2D eigenvalue weighted by atomic mass is 16.6. The van der Waals surface area contributed by atoms with Crippen LogP contribution in [0, 0.1) is 5.92 Å². The van der Waals surface area contributed by atoms with E-state index < -0.39 is 11.7 Å². The predicted molar refractivity (Wildman–Crippen MR) is 102 cm³/mol. The van der Waals surface area contributed by atoms with Crippen molar-refractivity contribution in [1.82, 2.24) is 10.1 Å². The van der Waals surface area contributed by atoms with Crippen LogP contribution in [0.4, 0.5) is 0 Å². The zero-order chi connectivity index (χ0) is 19.6. The molecule has 1 N–H and O–H groups in total. The number of likely N-dealkylation sites (tertiary alicyclic amines) is 1. The van der Waals surface area contributed by atoms with Crippen LogP contribution in [0.3, 0.4) is 0 Å². The second-order valence-electron chi connectivity index (χ2n) is 8.30. The van der Waals surface area contributed by atoms with Crippen LogP contribution in [0.25, 0.3) is 0 Å². The van der Waals surface area contributed by atoms with Gasteiger partial charge in [0, 0.05) is 19.0 Å². The molecule has 1 aliphatic carbocycles. The zero-order valence-corrected chi connectivity index (χ0v) is 16.3. The van der Waals surface area contributed by atoms with Gasteiger partial charge in [0.2, 0.25) is 0 Å². The molecule has 2 aromatic rings.